The van der Waals surface area contributed by atoms with E-state index in [0.29, 0.717) is 58.8 Å². The molecule has 14 nitrogen and oxygen atoms in total. The fourth-order valence-corrected chi connectivity index (χ4v) is 11.2. The number of aryl methyl sites for hydroxylation is 1. The van der Waals surface area contributed by atoms with Gasteiger partial charge in [0.25, 0.3) is 11.5 Å². The van der Waals surface area contributed by atoms with E-state index < -0.39 is 6.61 Å². The average molecular weight is 928 g/mol. The van der Waals surface area contributed by atoms with Crippen LogP contribution in [0.2, 0.25) is 5.02 Å². The van der Waals surface area contributed by atoms with Gasteiger partial charge in [0.1, 0.15) is 11.5 Å². The molecule has 67 heavy (non-hydrogen) atoms. The number of pyridine rings is 1. The molecule has 15 heteroatoms. The zero-order chi connectivity index (χ0) is 47.5. The predicted molar refractivity (Wildman–Crippen MR) is 268 cm³/mol. The van der Waals surface area contributed by atoms with Crippen LogP contribution in [0.5, 0.6) is 0 Å². The summed E-state index contributed by atoms with van der Waals surface area (Å²) < 4.78 is 3.59. The summed E-state index contributed by atoms with van der Waals surface area (Å²) in [5, 5.41) is 17.9. The van der Waals surface area contributed by atoms with E-state index in [9.17, 15) is 19.5 Å². The van der Waals surface area contributed by atoms with Gasteiger partial charge < -0.3 is 34.7 Å². The molecule has 1 atom stereocenters. The minimum Gasteiger partial charge on any atom is -0.392 e. The van der Waals surface area contributed by atoms with Crippen molar-refractivity contribution in [3.05, 3.63) is 117 Å². The highest BCUT2D eigenvalue weighted by atomic mass is 35.5. The quantitative estimate of drug-likeness (QED) is 0.118. The molecule has 6 heterocycles. The highest BCUT2D eigenvalue weighted by Gasteiger charge is 2.38. The van der Waals surface area contributed by atoms with Crippen molar-refractivity contribution in [1.82, 2.24) is 24.0 Å². The number of hydrogen-bond acceptors (Lipinski definition) is 10. The first kappa shape index (κ1) is 46.2. The van der Waals surface area contributed by atoms with Crippen molar-refractivity contribution in [2.24, 2.45) is 12.5 Å². The predicted octanol–water partition coefficient (Wildman–Crippen LogP) is 7.92. The normalized spacial score (nSPS) is 18.8. The molecule has 9 rings (SSSR count). The molecule has 1 unspecified atom stereocenters. The lowest BCUT2D eigenvalue weighted by atomic mass is 9.86. The molecular formula is C52H63ClN10O4. The summed E-state index contributed by atoms with van der Waals surface area (Å²) in [6, 6.07) is 16.5. The van der Waals surface area contributed by atoms with Gasteiger partial charge in [-0.1, -0.05) is 52.8 Å². The van der Waals surface area contributed by atoms with Gasteiger partial charge in [0.15, 0.2) is 5.82 Å². The number of amides is 2. The number of rotatable bonds is 10. The van der Waals surface area contributed by atoms with Crippen LogP contribution in [-0.2, 0) is 43.3 Å². The van der Waals surface area contributed by atoms with E-state index in [1.807, 2.05) is 30.3 Å². The molecule has 352 valence electrons. The van der Waals surface area contributed by atoms with Crippen molar-refractivity contribution in [2.45, 2.75) is 97.9 Å². The van der Waals surface area contributed by atoms with Crippen LogP contribution in [0.3, 0.4) is 0 Å². The van der Waals surface area contributed by atoms with Gasteiger partial charge in [-0.05, 0) is 109 Å². The van der Waals surface area contributed by atoms with Crippen molar-refractivity contribution in [1.29, 1.82) is 0 Å². The van der Waals surface area contributed by atoms with Crippen molar-refractivity contribution >= 4 is 57.8 Å². The van der Waals surface area contributed by atoms with Crippen LogP contribution in [0.4, 0.5) is 34.4 Å². The van der Waals surface area contributed by atoms with E-state index >= 15 is 0 Å². The number of carbonyl (C=O) groups excluding carboxylic acids is 2. The first-order valence-electron chi connectivity index (χ1n) is 23.5. The van der Waals surface area contributed by atoms with Crippen molar-refractivity contribution in [3.8, 4) is 11.3 Å². The van der Waals surface area contributed by atoms with Crippen LogP contribution < -0.4 is 30.9 Å². The van der Waals surface area contributed by atoms with Gasteiger partial charge >= 0.3 is 0 Å². The van der Waals surface area contributed by atoms with Crippen molar-refractivity contribution in [3.63, 3.8) is 0 Å². The third-order valence-electron chi connectivity index (χ3n) is 14.2. The molecule has 5 aromatic rings. The molecule has 2 fully saturated rings. The number of aliphatic hydroxyl groups excluding tert-OH is 1. The van der Waals surface area contributed by atoms with Gasteiger partial charge in [-0.25, -0.2) is 9.97 Å². The van der Waals surface area contributed by atoms with Crippen molar-refractivity contribution in [2.75, 3.05) is 64.6 Å². The first-order valence-corrected chi connectivity index (χ1v) is 23.9. The Bertz CT molecular complexity index is 2820. The summed E-state index contributed by atoms with van der Waals surface area (Å²) in [5.41, 5.74) is 8.68. The van der Waals surface area contributed by atoms with Gasteiger partial charge in [0.05, 0.1) is 23.7 Å². The lowest BCUT2D eigenvalue weighted by Crippen LogP contribution is -2.57. The number of hydrogen-bond donors (Lipinski definition) is 3. The molecule has 0 radical (unpaired) electrons. The zero-order valence-electron chi connectivity index (χ0n) is 39.8. The van der Waals surface area contributed by atoms with Crippen molar-refractivity contribution < 1.29 is 14.7 Å². The highest BCUT2D eigenvalue weighted by Crippen LogP contribution is 2.41. The molecule has 0 spiro atoms. The van der Waals surface area contributed by atoms with Crippen LogP contribution >= 0.6 is 11.6 Å². The van der Waals surface area contributed by atoms with E-state index in [0.717, 1.165) is 69.1 Å². The number of aliphatic hydroxyl groups is 1. The Morgan fingerprint density at radius 2 is 1.78 bits per heavy atom. The first-order chi connectivity index (χ1) is 31.9. The summed E-state index contributed by atoms with van der Waals surface area (Å²) in [5.74, 6) is -0.0835. The minimum absolute atomic E-state index is 0.0294. The molecule has 1 aliphatic carbocycles. The third kappa shape index (κ3) is 8.98. The second-order valence-corrected chi connectivity index (χ2v) is 21.0. The molecule has 2 amide bonds. The molecule has 2 aromatic carbocycles. The lowest BCUT2D eigenvalue weighted by molar-refractivity contribution is -0.111. The smallest absolute Gasteiger partial charge is 0.293 e. The van der Waals surface area contributed by atoms with Crippen LogP contribution in [-0.4, -0.2) is 92.3 Å². The van der Waals surface area contributed by atoms with Gasteiger partial charge in [0.2, 0.25) is 5.91 Å². The maximum absolute atomic E-state index is 14.1. The summed E-state index contributed by atoms with van der Waals surface area (Å²) in [6.07, 6.45) is 8.48. The highest BCUT2D eigenvalue weighted by molar-refractivity contribution is 6.31. The molecule has 0 bridgehead atoms. The Balaban J connectivity index is 0.916. The van der Waals surface area contributed by atoms with E-state index in [4.69, 9.17) is 16.6 Å². The van der Waals surface area contributed by atoms with E-state index in [2.05, 4.69) is 95.1 Å². The zero-order valence-corrected chi connectivity index (χ0v) is 40.6. The van der Waals surface area contributed by atoms with Gasteiger partial charge in [-0.2, -0.15) is 0 Å². The summed E-state index contributed by atoms with van der Waals surface area (Å²) in [7, 11) is 1.65. The number of piperazine rings is 1. The molecule has 0 saturated carbocycles. The third-order valence-corrected chi connectivity index (χ3v) is 14.5. The largest absolute Gasteiger partial charge is 0.392 e. The Labute approximate surface area is 398 Å². The topological polar surface area (TPSA) is 144 Å². The Morgan fingerprint density at radius 1 is 1.00 bits per heavy atom. The summed E-state index contributed by atoms with van der Waals surface area (Å²) >= 11 is 6.60. The SMILES string of the molecule is C=CC(=O)Nc1cc(Nc2nc(-c3ccnc(N4CCn5c(cc6c5CC(C)(C)C6)C4=O)c3CO)cn(C)c2=O)ccc1N1CCN(C2CCN(c3ccc(Cl)c(C(C)(C)C)c3)CC2)CC1C. The van der Waals surface area contributed by atoms with Gasteiger partial charge in [0, 0.05) is 111 Å². The van der Waals surface area contributed by atoms with E-state index in [1.54, 1.807) is 30.4 Å². The number of piperidine rings is 1. The van der Waals surface area contributed by atoms with E-state index in [1.165, 1.54) is 33.2 Å². The molecule has 2 saturated heterocycles. The number of nitrogens with zero attached hydrogens (tertiary/aromatic N) is 8. The molecule has 4 aliphatic rings. The van der Waals surface area contributed by atoms with Crippen LogP contribution in [0, 0.1) is 5.41 Å². The number of carbonyl (C=O) groups is 2. The molecule has 3 N–H and O–H groups in total. The second-order valence-electron chi connectivity index (χ2n) is 20.6. The molecule has 3 aliphatic heterocycles. The Hall–Kier alpha value is -5.96. The number of benzene rings is 2. The van der Waals surface area contributed by atoms with Crippen LogP contribution in [0.15, 0.2) is 78.4 Å². The van der Waals surface area contributed by atoms with Gasteiger partial charge in [-0.15, -0.1) is 0 Å². The monoisotopic (exact) mass is 926 g/mol. The second kappa shape index (κ2) is 17.9. The number of aromatic nitrogens is 4. The maximum atomic E-state index is 14.1. The van der Waals surface area contributed by atoms with Crippen LogP contribution in [0.25, 0.3) is 11.3 Å². The Kier molecular flexibility index (Phi) is 12.4. The number of nitrogens with one attached hydrogen (secondary N) is 2. The molecular weight excluding hydrogens is 864 g/mol. The lowest BCUT2D eigenvalue weighted by Gasteiger charge is -2.47. The fraction of sp³-hybridized carbons (Fsp3) is 0.442. The number of halogens is 1. The standard InChI is InChI=1S/C52H63ClN10O4/c1-9-46(65)56-41-25-34(10-13-43(41)61-21-20-60(29-32(61)2)35-15-18-59(19-16-35)36-11-12-40(53)39(26-36)51(3,4)5)55-47-50(67)58(8)30-42(57-47)37-14-17-54-48(38(37)31-64)63-23-22-62-44(49(63)66)24-33-27-52(6,7)28-45(33)62/h9-14,17,24-26,30,32,35,64H,1,15-16,18-23,27-29,31H2,2-8H3,(H,55,57)(H,56,65). The number of anilines is 6. The van der Waals surface area contributed by atoms with Crippen LogP contribution in [0.1, 0.15) is 87.3 Å². The number of fused-ring (bicyclic) bond motifs is 3. The van der Waals surface area contributed by atoms with E-state index in [-0.39, 0.29) is 40.1 Å². The fourth-order valence-electron chi connectivity index (χ4n) is 10.8. The van der Waals surface area contributed by atoms with Gasteiger partial charge in [-0.3, -0.25) is 24.2 Å². The average Bonchev–Trinajstić information content (AvgIpc) is 3.79. The molecule has 3 aromatic heterocycles. The summed E-state index contributed by atoms with van der Waals surface area (Å²) in [4.78, 5) is 59.1. The summed E-state index contributed by atoms with van der Waals surface area (Å²) in [6.45, 7) is 22.2. The maximum Gasteiger partial charge on any atom is 0.293 e. The minimum atomic E-state index is -0.399. The Morgan fingerprint density at radius 3 is 2.49 bits per heavy atom.